The number of aryl methyl sites for hydroxylation is 1. The fourth-order valence-electron chi connectivity index (χ4n) is 1.49. The van der Waals surface area contributed by atoms with E-state index < -0.39 is 0 Å². The minimum atomic E-state index is 0.586. The van der Waals surface area contributed by atoms with Crippen LogP contribution in [0.25, 0.3) is 10.9 Å². The maximum absolute atomic E-state index is 4.41. The predicted octanol–water partition coefficient (Wildman–Crippen LogP) is 1.85. The Morgan fingerprint density at radius 3 is 2.88 bits per heavy atom. The first-order valence-electron chi connectivity index (χ1n) is 5.52. The van der Waals surface area contributed by atoms with E-state index in [0.717, 1.165) is 17.4 Å². The van der Waals surface area contributed by atoms with E-state index in [1.54, 1.807) is 0 Å². The lowest BCUT2D eigenvalue weighted by Crippen LogP contribution is -2.10. The van der Waals surface area contributed by atoms with Crippen molar-refractivity contribution in [1.82, 2.24) is 14.9 Å². The highest BCUT2D eigenvalue weighted by Gasteiger charge is 1.97. The van der Waals surface area contributed by atoms with E-state index in [-0.39, 0.29) is 0 Å². The smallest absolute Gasteiger partial charge is 0.205 e. The Bertz CT molecular complexity index is 591. The number of fused-ring (bicyclic) bond motifs is 1. The highest BCUT2D eigenvalue weighted by Crippen LogP contribution is 2.12. The van der Waals surface area contributed by atoms with Crippen molar-refractivity contribution < 1.29 is 0 Å². The summed E-state index contributed by atoms with van der Waals surface area (Å²) < 4.78 is 0. The highest BCUT2D eigenvalue weighted by atomic mass is 15.0. The first kappa shape index (κ1) is 11.6. The van der Waals surface area contributed by atoms with Gasteiger partial charge >= 0.3 is 0 Å². The lowest BCUT2D eigenvalue weighted by atomic mass is 10.2. The molecule has 0 aliphatic carbocycles. The SMILES string of the molecule is Cc1ccc2nc(C#CCN(C)C)ncc2c1. The highest BCUT2D eigenvalue weighted by molar-refractivity contribution is 5.78. The number of hydrogen-bond acceptors (Lipinski definition) is 3. The summed E-state index contributed by atoms with van der Waals surface area (Å²) in [6, 6.07) is 6.13. The monoisotopic (exact) mass is 225 g/mol. The van der Waals surface area contributed by atoms with Gasteiger partial charge in [0.2, 0.25) is 5.82 Å². The van der Waals surface area contributed by atoms with Crippen LogP contribution in [0, 0.1) is 18.8 Å². The van der Waals surface area contributed by atoms with Crippen LogP contribution in [0.4, 0.5) is 0 Å². The van der Waals surface area contributed by atoms with E-state index in [4.69, 9.17) is 0 Å². The summed E-state index contributed by atoms with van der Waals surface area (Å²) >= 11 is 0. The average molecular weight is 225 g/mol. The third kappa shape index (κ3) is 3.02. The van der Waals surface area contributed by atoms with Crippen molar-refractivity contribution in [3.8, 4) is 11.8 Å². The third-order valence-corrected chi connectivity index (χ3v) is 2.33. The van der Waals surface area contributed by atoms with Gasteiger partial charge in [0.15, 0.2) is 0 Å². The van der Waals surface area contributed by atoms with Crippen molar-refractivity contribution >= 4 is 10.9 Å². The number of rotatable bonds is 1. The molecule has 0 atom stereocenters. The van der Waals surface area contributed by atoms with Crippen LogP contribution in [0.15, 0.2) is 24.4 Å². The van der Waals surface area contributed by atoms with Gasteiger partial charge in [0.25, 0.3) is 0 Å². The number of hydrogen-bond donors (Lipinski definition) is 0. The summed E-state index contributed by atoms with van der Waals surface area (Å²) in [6.45, 7) is 2.78. The number of aromatic nitrogens is 2. The summed E-state index contributed by atoms with van der Waals surface area (Å²) in [6.07, 6.45) is 1.83. The second kappa shape index (κ2) is 4.94. The van der Waals surface area contributed by atoms with Crippen LogP contribution in [-0.4, -0.2) is 35.5 Å². The third-order valence-electron chi connectivity index (χ3n) is 2.33. The van der Waals surface area contributed by atoms with Crippen LogP contribution in [0.1, 0.15) is 11.4 Å². The molecule has 0 fully saturated rings. The fraction of sp³-hybridized carbons (Fsp3) is 0.286. The standard InChI is InChI=1S/C14H15N3/c1-11-6-7-13-12(9-11)10-15-14(16-13)5-4-8-17(2)3/h6-7,9-10H,8H2,1-3H3. The molecule has 0 N–H and O–H groups in total. The van der Waals surface area contributed by atoms with Crippen LogP contribution in [-0.2, 0) is 0 Å². The minimum absolute atomic E-state index is 0.586. The summed E-state index contributed by atoms with van der Waals surface area (Å²) in [5, 5.41) is 1.06. The zero-order valence-electron chi connectivity index (χ0n) is 10.4. The van der Waals surface area contributed by atoms with Gasteiger partial charge in [0, 0.05) is 11.6 Å². The summed E-state index contributed by atoms with van der Waals surface area (Å²) in [5.74, 6) is 6.58. The van der Waals surface area contributed by atoms with E-state index >= 15 is 0 Å². The molecule has 3 heteroatoms. The van der Waals surface area contributed by atoms with Crippen molar-refractivity contribution in [3.63, 3.8) is 0 Å². The van der Waals surface area contributed by atoms with Crippen LogP contribution in [0.3, 0.4) is 0 Å². The Hall–Kier alpha value is -1.92. The Kier molecular flexibility index (Phi) is 3.36. The fourth-order valence-corrected chi connectivity index (χ4v) is 1.49. The van der Waals surface area contributed by atoms with Crippen molar-refractivity contribution in [1.29, 1.82) is 0 Å². The summed E-state index contributed by atoms with van der Waals surface area (Å²) in [4.78, 5) is 10.7. The molecule has 0 aliphatic rings. The molecule has 0 amide bonds. The molecule has 0 saturated carbocycles. The molecule has 3 nitrogen and oxygen atoms in total. The van der Waals surface area contributed by atoms with Crippen molar-refractivity contribution in [2.75, 3.05) is 20.6 Å². The Morgan fingerprint density at radius 1 is 1.29 bits per heavy atom. The van der Waals surface area contributed by atoms with Crippen molar-refractivity contribution in [3.05, 3.63) is 35.8 Å². The second-order valence-corrected chi connectivity index (χ2v) is 4.30. The molecular formula is C14H15N3. The molecule has 0 unspecified atom stereocenters. The van der Waals surface area contributed by atoms with Crippen LogP contribution in [0.2, 0.25) is 0 Å². The van der Waals surface area contributed by atoms with Gasteiger partial charge in [-0.05, 0) is 39.1 Å². The zero-order valence-corrected chi connectivity index (χ0v) is 10.4. The molecule has 0 radical (unpaired) electrons. The molecule has 1 aromatic carbocycles. The van der Waals surface area contributed by atoms with Gasteiger partial charge in [-0.1, -0.05) is 17.6 Å². The molecule has 0 saturated heterocycles. The van der Waals surface area contributed by atoms with Crippen LogP contribution in [0.5, 0.6) is 0 Å². The van der Waals surface area contributed by atoms with E-state index in [2.05, 4.69) is 34.8 Å². The van der Waals surface area contributed by atoms with Gasteiger partial charge < -0.3 is 0 Å². The lowest BCUT2D eigenvalue weighted by molar-refractivity contribution is 0.464. The van der Waals surface area contributed by atoms with E-state index in [1.807, 2.05) is 37.3 Å². The van der Waals surface area contributed by atoms with Crippen LogP contribution >= 0.6 is 0 Å². The average Bonchev–Trinajstić information content (AvgIpc) is 2.29. The molecular weight excluding hydrogens is 210 g/mol. The maximum Gasteiger partial charge on any atom is 0.205 e. The van der Waals surface area contributed by atoms with Gasteiger partial charge in [-0.15, -0.1) is 0 Å². The summed E-state index contributed by atoms with van der Waals surface area (Å²) in [5.41, 5.74) is 2.16. The second-order valence-electron chi connectivity index (χ2n) is 4.30. The van der Waals surface area contributed by atoms with Crippen LogP contribution < -0.4 is 0 Å². The topological polar surface area (TPSA) is 29.0 Å². The quantitative estimate of drug-likeness (QED) is 0.694. The molecule has 17 heavy (non-hydrogen) atoms. The molecule has 1 heterocycles. The molecule has 0 spiro atoms. The largest absolute Gasteiger partial charge is 0.299 e. The molecule has 1 aromatic heterocycles. The first-order valence-corrected chi connectivity index (χ1v) is 5.52. The van der Waals surface area contributed by atoms with Gasteiger partial charge in [-0.3, -0.25) is 4.90 Å². The Balaban J connectivity index is 2.31. The van der Waals surface area contributed by atoms with Gasteiger partial charge in [0.1, 0.15) is 0 Å². The van der Waals surface area contributed by atoms with Gasteiger partial charge in [0.05, 0.1) is 12.1 Å². The van der Waals surface area contributed by atoms with Crippen molar-refractivity contribution in [2.45, 2.75) is 6.92 Å². The molecule has 2 rings (SSSR count). The van der Waals surface area contributed by atoms with Gasteiger partial charge in [-0.25, -0.2) is 9.97 Å². The maximum atomic E-state index is 4.41. The molecule has 0 aliphatic heterocycles. The van der Waals surface area contributed by atoms with E-state index in [0.29, 0.717) is 5.82 Å². The molecule has 86 valence electrons. The number of benzene rings is 1. The lowest BCUT2D eigenvalue weighted by Gasteiger charge is -2.01. The summed E-state index contributed by atoms with van der Waals surface area (Å²) in [7, 11) is 3.97. The van der Waals surface area contributed by atoms with Gasteiger partial charge in [-0.2, -0.15) is 0 Å². The molecule has 0 bridgehead atoms. The number of nitrogens with zero attached hydrogens (tertiary/aromatic N) is 3. The normalized spacial score (nSPS) is 10.4. The van der Waals surface area contributed by atoms with Crippen molar-refractivity contribution in [2.24, 2.45) is 0 Å². The zero-order chi connectivity index (χ0) is 12.3. The van der Waals surface area contributed by atoms with E-state index in [9.17, 15) is 0 Å². The Labute approximate surface area is 102 Å². The first-order chi connectivity index (χ1) is 8.15. The molecule has 2 aromatic rings. The minimum Gasteiger partial charge on any atom is -0.299 e. The van der Waals surface area contributed by atoms with E-state index in [1.165, 1.54) is 5.56 Å². The Morgan fingerprint density at radius 2 is 2.12 bits per heavy atom. The predicted molar refractivity (Wildman–Crippen MR) is 69.7 cm³/mol.